The minimum atomic E-state index is -0.0348. The van der Waals surface area contributed by atoms with Crippen molar-refractivity contribution in [2.24, 2.45) is 0 Å². The monoisotopic (exact) mass is 405 g/mol. The summed E-state index contributed by atoms with van der Waals surface area (Å²) in [6.45, 7) is 1.86. The van der Waals surface area contributed by atoms with E-state index in [9.17, 15) is 4.79 Å². The highest BCUT2D eigenvalue weighted by Gasteiger charge is 2.17. The number of amides is 1. The van der Waals surface area contributed by atoms with Crippen LogP contribution in [-0.2, 0) is 11.3 Å². The van der Waals surface area contributed by atoms with Crippen molar-refractivity contribution in [3.05, 3.63) is 71.8 Å². The summed E-state index contributed by atoms with van der Waals surface area (Å²) in [7, 11) is 3.49. The zero-order chi connectivity index (χ0) is 20.9. The van der Waals surface area contributed by atoms with Crippen LogP contribution in [0.3, 0.4) is 0 Å². The van der Waals surface area contributed by atoms with E-state index in [4.69, 9.17) is 14.2 Å². The SMILES string of the molecule is COc1ccc2cc(CN(C)C(=O)c3cccc(OCC4CCCO4)c3)ccc2c1. The number of fused-ring (bicyclic) bond motifs is 1. The number of hydrogen-bond donors (Lipinski definition) is 0. The Morgan fingerprint density at radius 2 is 1.90 bits per heavy atom. The third kappa shape index (κ3) is 4.74. The Morgan fingerprint density at radius 1 is 1.07 bits per heavy atom. The second-order valence-electron chi connectivity index (χ2n) is 7.68. The Hall–Kier alpha value is -3.05. The highest BCUT2D eigenvalue weighted by atomic mass is 16.5. The normalized spacial score (nSPS) is 15.9. The third-order valence-corrected chi connectivity index (χ3v) is 5.42. The van der Waals surface area contributed by atoms with Crippen LogP contribution in [0.2, 0.25) is 0 Å². The molecule has 0 radical (unpaired) electrons. The largest absolute Gasteiger partial charge is 0.497 e. The fourth-order valence-electron chi connectivity index (χ4n) is 3.75. The second kappa shape index (κ2) is 9.18. The number of benzene rings is 3. The lowest BCUT2D eigenvalue weighted by atomic mass is 10.1. The molecule has 4 rings (SSSR count). The van der Waals surface area contributed by atoms with Gasteiger partial charge in [0.15, 0.2) is 0 Å². The second-order valence-corrected chi connectivity index (χ2v) is 7.68. The first-order valence-corrected chi connectivity index (χ1v) is 10.3. The van der Waals surface area contributed by atoms with E-state index >= 15 is 0 Å². The molecule has 0 aromatic heterocycles. The number of methoxy groups -OCH3 is 1. The van der Waals surface area contributed by atoms with E-state index in [0.717, 1.165) is 41.5 Å². The maximum atomic E-state index is 12.9. The summed E-state index contributed by atoms with van der Waals surface area (Å²) in [6, 6.07) is 19.6. The smallest absolute Gasteiger partial charge is 0.254 e. The molecule has 3 aromatic rings. The zero-order valence-corrected chi connectivity index (χ0v) is 17.5. The summed E-state index contributed by atoms with van der Waals surface area (Å²) in [5.74, 6) is 1.50. The molecule has 0 aliphatic carbocycles. The Kier molecular flexibility index (Phi) is 6.19. The Labute approximate surface area is 177 Å². The van der Waals surface area contributed by atoms with Crippen molar-refractivity contribution in [2.75, 3.05) is 27.4 Å². The maximum Gasteiger partial charge on any atom is 0.254 e. The molecule has 1 atom stereocenters. The molecular formula is C25H27NO4. The van der Waals surface area contributed by atoms with Crippen LogP contribution in [0.1, 0.15) is 28.8 Å². The van der Waals surface area contributed by atoms with Gasteiger partial charge in [0.05, 0.1) is 13.2 Å². The van der Waals surface area contributed by atoms with Crippen molar-refractivity contribution < 1.29 is 19.0 Å². The van der Waals surface area contributed by atoms with Gasteiger partial charge in [0, 0.05) is 25.8 Å². The lowest BCUT2D eigenvalue weighted by Crippen LogP contribution is -2.26. The minimum absolute atomic E-state index is 0.0348. The van der Waals surface area contributed by atoms with Crippen molar-refractivity contribution in [1.29, 1.82) is 0 Å². The van der Waals surface area contributed by atoms with E-state index in [0.29, 0.717) is 24.5 Å². The number of rotatable bonds is 7. The van der Waals surface area contributed by atoms with E-state index in [1.165, 1.54) is 0 Å². The average molecular weight is 405 g/mol. The van der Waals surface area contributed by atoms with Crippen molar-refractivity contribution in [2.45, 2.75) is 25.5 Å². The molecule has 1 aliphatic rings. The maximum absolute atomic E-state index is 12.9. The van der Waals surface area contributed by atoms with Crippen molar-refractivity contribution in [1.82, 2.24) is 4.90 Å². The van der Waals surface area contributed by atoms with Crippen LogP contribution >= 0.6 is 0 Å². The number of carbonyl (C=O) groups excluding carboxylic acids is 1. The molecule has 1 aliphatic heterocycles. The standard InChI is InChI=1S/C25H27NO4/c1-26(16-18-8-9-20-14-22(28-2)11-10-19(20)13-18)25(27)21-5-3-6-23(15-21)30-17-24-7-4-12-29-24/h3,5-6,8-11,13-15,24H,4,7,12,16-17H2,1-2H3. The van der Waals surface area contributed by atoms with Gasteiger partial charge in [-0.25, -0.2) is 0 Å². The van der Waals surface area contributed by atoms with Crippen LogP contribution in [-0.4, -0.2) is 44.3 Å². The highest BCUT2D eigenvalue weighted by molar-refractivity contribution is 5.94. The molecule has 5 nitrogen and oxygen atoms in total. The number of ether oxygens (including phenoxy) is 3. The molecule has 0 N–H and O–H groups in total. The van der Waals surface area contributed by atoms with Crippen LogP contribution in [0, 0.1) is 0 Å². The van der Waals surface area contributed by atoms with E-state index in [2.05, 4.69) is 12.1 Å². The summed E-state index contributed by atoms with van der Waals surface area (Å²) >= 11 is 0. The predicted molar refractivity (Wildman–Crippen MR) is 117 cm³/mol. The predicted octanol–water partition coefficient (Wildman–Crippen LogP) is 4.68. The average Bonchev–Trinajstić information content (AvgIpc) is 3.30. The van der Waals surface area contributed by atoms with Crippen LogP contribution in [0.25, 0.3) is 10.8 Å². The summed E-state index contributed by atoms with van der Waals surface area (Å²) in [5.41, 5.74) is 1.70. The van der Waals surface area contributed by atoms with Crippen LogP contribution < -0.4 is 9.47 Å². The molecule has 30 heavy (non-hydrogen) atoms. The van der Waals surface area contributed by atoms with Crippen LogP contribution in [0.15, 0.2) is 60.7 Å². The molecular weight excluding hydrogens is 378 g/mol. The number of nitrogens with zero attached hydrogens (tertiary/aromatic N) is 1. The van der Waals surface area contributed by atoms with Gasteiger partial charge < -0.3 is 19.1 Å². The van der Waals surface area contributed by atoms with Crippen molar-refractivity contribution in [3.63, 3.8) is 0 Å². The molecule has 1 amide bonds. The molecule has 0 saturated carbocycles. The van der Waals surface area contributed by atoms with Gasteiger partial charge in [-0.1, -0.05) is 24.3 Å². The van der Waals surface area contributed by atoms with Gasteiger partial charge in [-0.15, -0.1) is 0 Å². The summed E-state index contributed by atoms with van der Waals surface area (Å²) in [4.78, 5) is 14.7. The summed E-state index contributed by atoms with van der Waals surface area (Å²) in [5, 5.41) is 2.24. The molecule has 0 spiro atoms. The topological polar surface area (TPSA) is 48.0 Å². The lowest BCUT2D eigenvalue weighted by Gasteiger charge is -2.18. The van der Waals surface area contributed by atoms with Gasteiger partial charge in [0.2, 0.25) is 0 Å². The van der Waals surface area contributed by atoms with Gasteiger partial charge in [-0.3, -0.25) is 4.79 Å². The molecule has 3 aromatic carbocycles. The number of hydrogen-bond acceptors (Lipinski definition) is 4. The van der Waals surface area contributed by atoms with Gasteiger partial charge in [-0.05, 0) is 65.6 Å². The molecule has 5 heteroatoms. The third-order valence-electron chi connectivity index (χ3n) is 5.42. The van der Waals surface area contributed by atoms with Crippen molar-refractivity contribution in [3.8, 4) is 11.5 Å². The first-order chi connectivity index (χ1) is 14.6. The Bertz CT molecular complexity index is 1030. The van der Waals surface area contributed by atoms with Gasteiger partial charge in [0.25, 0.3) is 5.91 Å². The molecule has 1 fully saturated rings. The minimum Gasteiger partial charge on any atom is -0.497 e. The van der Waals surface area contributed by atoms with E-state index in [-0.39, 0.29) is 12.0 Å². The molecule has 1 saturated heterocycles. The molecule has 0 bridgehead atoms. The molecule has 1 unspecified atom stereocenters. The fourth-order valence-corrected chi connectivity index (χ4v) is 3.75. The summed E-state index contributed by atoms with van der Waals surface area (Å²) < 4.78 is 16.7. The van der Waals surface area contributed by atoms with E-state index in [1.807, 2.05) is 49.5 Å². The van der Waals surface area contributed by atoms with Gasteiger partial charge in [-0.2, -0.15) is 0 Å². The van der Waals surface area contributed by atoms with Gasteiger partial charge in [0.1, 0.15) is 18.1 Å². The fraction of sp³-hybridized carbons (Fsp3) is 0.320. The van der Waals surface area contributed by atoms with E-state index < -0.39 is 0 Å². The highest BCUT2D eigenvalue weighted by Crippen LogP contribution is 2.23. The van der Waals surface area contributed by atoms with Crippen LogP contribution in [0.4, 0.5) is 0 Å². The molecule has 156 valence electrons. The molecule has 1 heterocycles. The quantitative estimate of drug-likeness (QED) is 0.573. The Morgan fingerprint density at radius 3 is 2.70 bits per heavy atom. The first-order valence-electron chi connectivity index (χ1n) is 10.3. The van der Waals surface area contributed by atoms with Crippen molar-refractivity contribution >= 4 is 16.7 Å². The van der Waals surface area contributed by atoms with Crippen LogP contribution in [0.5, 0.6) is 11.5 Å². The Balaban J connectivity index is 1.41. The lowest BCUT2D eigenvalue weighted by molar-refractivity contribution is 0.0678. The van der Waals surface area contributed by atoms with Gasteiger partial charge >= 0.3 is 0 Å². The summed E-state index contributed by atoms with van der Waals surface area (Å²) in [6.07, 6.45) is 2.26. The number of carbonyl (C=O) groups is 1. The first kappa shape index (κ1) is 20.2. The van der Waals surface area contributed by atoms with E-state index in [1.54, 1.807) is 18.1 Å². The zero-order valence-electron chi connectivity index (χ0n) is 17.5.